The molecule has 2 rings (SSSR count). The van der Waals surface area contributed by atoms with Gasteiger partial charge in [-0.2, -0.15) is 8.78 Å². The van der Waals surface area contributed by atoms with Crippen molar-refractivity contribution in [2.75, 3.05) is 0 Å². The Morgan fingerprint density at radius 3 is 2.42 bits per heavy atom. The Morgan fingerprint density at radius 2 is 1.84 bits per heavy atom. The zero-order valence-corrected chi connectivity index (χ0v) is 14.8. The number of hydrogen-bond acceptors (Lipinski definition) is 2. The number of ether oxygens (including phenoxy) is 1. The van der Waals surface area contributed by atoms with Crippen molar-refractivity contribution < 1.29 is 13.5 Å². The van der Waals surface area contributed by atoms with Gasteiger partial charge < -0.3 is 4.74 Å². The average molecular weight is 477 g/mol. The van der Waals surface area contributed by atoms with E-state index in [4.69, 9.17) is 0 Å². The molecule has 0 bridgehead atoms. The minimum absolute atomic E-state index is 0.181. The van der Waals surface area contributed by atoms with Crippen LogP contribution in [0.1, 0.15) is 15.3 Å². The number of rotatable bonds is 4. The Kier molecular flexibility index (Phi) is 5.39. The molecule has 0 aliphatic heterocycles. The molecule has 0 saturated carbocycles. The van der Waals surface area contributed by atoms with Crippen molar-refractivity contribution in [1.29, 1.82) is 0 Å². The van der Waals surface area contributed by atoms with Gasteiger partial charge in [-0.1, -0.05) is 34.1 Å². The third-order valence-corrected chi connectivity index (χ3v) is 6.93. The van der Waals surface area contributed by atoms with Gasteiger partial charge in [-0.3, -0.25) is 0 Å². The third-order valence-electron chi connectivity index (χ3n) is 2.32. The average Bonchev–Trinajstić information content (AvgIpc) is 2.69. The molecular formula is C12H7Br3F2OS. The lowest BCUT2D eigenvalue weighted by atomic mass is 10.1. The van der Waals surface area contributed by atoms with E-state index in [9.17, 15) is 8.78 Å². The van der Waals surface area contributed by atoms with Crippen molar-refractivity contribution in [3.05, 3.63) is 49.0 Å². The van der Waals surface area contributed by atoms with Crippen molar-refractivity contribution in [2.45, 2.75) is 11.4 Å². The molecule has 1 heterocycles. The Hall–Kier alpha value is 0.0200. The number of hydrogen-bond donors (Lipinski definition) is 0. The summed E-state index contributed by atoms with van der Waals surface area (Å²) in [6, 6.07) is 8.69. The highest BCUT2D eigenvalue weighted by Gasteiger charge is 2.20. The van der Waals surface area contributed by atoms with Crippen molar-refractivity contribution in [3.63, 3.8) is 0 Å². The summed E-state index contributed by atoms with van der Waals surface area (Å²) in [6.45, 7) is -2.83. The first-order chi connectivity index (χ1) is 8.99. The van der Waals surface area contributed by atoms with Gasteiger partial charge in [-0.05, 0) is 44.0 Å². The molecule has 0 N–H and O–H groups in total. The SMILES string of the molecule is FC(F)Oc1ccccc1C(Br)c1cc(Br)c(Br)s1. The summed E-state index contributed by atoms with van der Waals surface area (Å²) in [5.41, 5.74) is 0.670. The summed E-state index contributed by atoms with van der Waals surface area (Å²) < 4.78 is 31.2. The van der Waals surface area contributed by atoms with E-state index in [2.05, 4.69) is 52.5 Å². The number of para-hydroxylation sites is 1. The second-order valence-corrected chi connectivity index (χ2v) is 7.72. The van der Waals surface area contributed by atoms with Crippen molar-refractivity contribution in [1.82, 2.24) is 0 Å². The third kappa shape index (κ3) is 3.77. The van der Waals surface area contributed by atoms with E-state index in [-0.39, 0.29) is 10.6 Å². The van der Waals surface area contributed by atoms with E-state index in [1.807, 2.05) is 6.07 Å². The Balaban J connectivity index is 2.35. The molecule has 102 valence electrons. The van der Waals surface area contributed by atoms with Crippen LogP contribution in [0.5, 0.6) is 5.75 Å². The van der Waals surface area contributed by atoms with Crippen LogP contribution in [0.4, 0.5) is 8.78 Å². The van der Waals surface area contributed by atoms with Gasteiger partial charge >= 0.3 is 6.61 Å². The molecule has 0 amide bonds. The van der Waals surface area contributed by atoms with Crippen LogP contribution in [0.25, 0.3) is 0 Å². The molecule has 19 heavy (non-hydrogen) atoms. The molecule has 1 nitrogen and oxygen atoms in total. The summed E-state index contributed by atoms with van der Waals surface area (Å²) in [6.07, 6.45) is 0. The highest BCUT2D eigenvalue weighted by atomic mass is 79.9. The van der Waals surface area contributed by atoms with Gasteiger partial charge in [-0.15, -0.1) is 11.3 Å². The van der Waals surface area contributed by atoms with Gasteiger partial charge in [0, 0.05) is 14.9 Å². The zero-order valence-electron chi connectivity index (χ0n) is 9.25. The number of benzene rings is 1. The van der Waals surface area contributed by atoms with E-state index in [1.54, 1.807) is 18.2 Å². The fraction of sp³-hybridized carbons (Fsp3) is 0.167. The quantitative estimate of drug-likeness (QED) is 0.467. The number of halogens is 5. The van der Waals surface area contributed by atoms with Gasteiger partial charge in [0.1, 0.15) is 5.75 Å². The van der Waals surface area contributed by atoms with Crippen LogP contribution in [-0.2, 0) is 0 Å². The van der Waals surface area contributed by atoms with Crippen molar-refractivity contribution in [2.24, 2.45) is 0 Å². The maximum atomic E-state index is 12.4. The van der Waals surface area contributed by atoms with Crippen LogP contribution < -0.4 is 4.74 Å². The smallest absolute Gasteiger partial charge is 0.387 e. The molecule has 0 fully saturated rings. The first kappa shape index (κ1) is 15.4. The van der Waals surface area contributed by atoms with E-state index in [0.29, 0.717) is 5.56 Å². The van der Waals surface area contributed by atoms with E-state index >= 15 is 0 Å². The monoisotopic (exact) mass is 474 g/mol. The topological polar surface area (TPSA) is 9.23 Å². The predicted molar refractivity (Wildman–Crippen MR) is 83.6 cm³/mol. The molecule has 0 aliphatic rings. The van der Waals surface area contributed by atoms with E-state index in [0.717, 1.165) is 13.1 Å². The van der Waals surface area contributed by atoms with Gasteiger partial charge in [0.05, 0.1) is 8.61 Å². The largest absolute Gasteiger partial charge is 0.434 e. The number of alkyl halides is 3. The normalized spacial score (nSPS) is 12.7. The second kappa shape index (κ2) is 6.65. The van der Waals surface area contributed by atoms with Crippen LogP contribution >= 0.6 is 59.1 Å². The standard InChI is InChI=1S/C12H7Br3F2OS/c13-7-5-9(19-11(7)15)10(14)6-3-1-2-4-8(6)18-12(16)17/h1-5,10,12H. The summed E-state index contributed by atoms with van der Waals surface area (Å²) in [5, 5.41) is 0. The minimum Gasteiger partial charge on any atom is -0.434 e. The molecule has 1 unspecified atom stereocenters. The summed E-state index contributed by atoms with van der Waals surface area (Å²) >= 11 is 11.9. The lowest BCUT2D eigenvalue weighted by Crippen LogP contribution is -2.05. The molecule has 1 aromatic carbocycles. The summed E-state index contributed by atoms with van der Waals surface area (Å²) in [7, 11) is 0. The molecule has 1 aromatic heterocycles. The molecule has 2 aromatic rings. The maximum Gasteiger partial charge on any atom is 0.387 e. The van der Waals surface area contributed by atoms with Crippen LogP contribution in [0.3, 0.4) is 0 Å². The van der Waals surface area contributed by atoms with Crippen LogP contribution in [0, 0.1) is 0 Å². The molecule has 1 atom stereocenters. The fourth-order valence-corrected chi connectivity index (χ4v) is 4.41. The second-order valence-electron chi connectivity index (χ2n) is 3.55. The molecule has 0 spiro atoms. The van der Waals surface area contributed by atoms with Crippen LogP contribution in [-0.4, -0.2) is 6.61 Å². The predicted octanol–water partition coefficient (Wildman–Crippen LogP) is 6.36. The lowest BCUT2D eigenvalue weighted by molar-refractivity contribution is -0.0503. The molecule has 7 heteroatoms. The molecule has 0 radical (unpaired) electrons. The lowest BCUT2D eigenvalue weighted by Gasteiger charge is -2.14. The summed E-state index contributed by atoms with van der Waals surface area (Å²) in [4.78, 5) is 0.791. The van der Waals surface area contributed by atoms with Crippen molar-refractivity contribution >= 4 is 59.1 Å². The van der Waals surface area contributed by atoms with E-state index < -0.39 is 6.61 Å². The maximum absolute atomic E-state index is 12.4. The van der Waals surface area contributed by atoms with Gasteiger partial charge in [0.15, 0.2) is 0 Å². The highest BCUT2D eigenvalue weighted by Crippen LogP contribution is 2.43. The number of thiophene rings is 1. The highest BCUT2D eigenvalue weighted by molar-refractivity contribution is 9.13. The van der Waals surface area contributed by atoms with Crippen molar-refractivity contribution in [3.8, 4) is 5.75 Å². The first-order valence-corrected chi connectivity index (χ1v) is 8.43. The summed E-state index contributed by atoms with van der Waals surface area (Å²) in [5.74, 6) is 0.181. The zero-order chi connectivity index (χ0) is 14.0. The van der Waals surface area contributed by atoms with Gasteiger partial charge in [-0.25, -0.2) is 0 Å². The molecule has 0 saturated heterocycles. The van der Waals surface area contributed by atoms with Crippen LogP contribution in [0.15, 0.2) is 38.6 Å². The van der Waals surface area contributed by atoms with Gasteiger partial charge in [0.25, 0.3) is 0 Å². The van der Waals surface area contributed by atoms with Crippen LogP contribution in [0.2, 0.25) is 0 Å². The van der Waals surface area contributed by atoms with E-state index in [1.165, 1.54) is 17.4 Å². The first-order valence-electron chi connectivity index (χ1n) is 5.11. The minimum atomic E-state index is -2.83. The molecule has 0 aliphatic carbocycles. The Labute approximate surface area is 138 Å². The fourth-order valence-electron chi connectivity index (χ4n) is 1.53. The Morgan fingerprint density at radius 1 is 1.16 bits per heavy atom. The van der Waals surface area contributed by atoms with Gasteiger partial charge in [0.2, 0.25) is 0 Å². The molecular weight excluding hydrogens is 470 g/mol. The Bertz CT molecular complexity index is 554.